The SMILES string of the molecule is OB(O)c1ccc(COc2ccc(F)c(F)c2)c(F)c1. The molecule has 7 heteroatoms. The lowest BCUT2D eigenvalue weighted by Crippen LogP contribution is -2.30. The van der Waals surface area contributed by atoms with E-state index in [4.69, 9.17) is 14.8 Å². The van der Waals surface area contributed by atoms with Crippen LogP contribution in [0.1, 0.15) is 5.56 Å². The highest BCUT2D eigenvalue weighted by atomic mass is 19.2. The van der Waals surface area contributed by atoms with Crippen molar-refractivity contribution >= 4 is 12.6 Å². The van der Waals surface area contributed by atoms with Crippen LogP contribution in [0.15, 0.2) is 36.4 Å². The molecule has 0 heterocycles. The van der Waals surface area contributed by atoms with E-state index >= 15 is 0 Å². The molecule has 0 saturated heterocycles. The van der Waals surface area contributed by atoms with Gasteiger partial charge in [0, 0.05) is 11.6 Å². The van der Waals surface area contributed by atoms with Gasteiger partial charge in [0.05, 0.1) is 0 Å². The van der Waals surface area contributed by atoms with Crippen molar-refractivity contribution < 1.29 is 28.0 Å². The second-order valence-corrected chi connectivity index (χ2v) is 4.09. The van der Waals surface area contributed by atoms with E-state index in [1.165, 1.54) is 18.2 Å². The minimum absolute atomic E-state index is 0.0130. The van der Waals surface area contributed by atoms with Crippen LogP contribution in [-0.2, 0) is 6.61 Å². The van der Waals surface area contributed by atoms with E-state index in [-0.39, 0.29) is 23.4 Å². The number of hydrogen-bond donors (Lipinski definition) is 2. The fourth-order valence-corrected chi connectivity index (χ4v) is 1.57. The Labute approximate surface area is 113 Å². The molecule has 0 spiro atoms. The quantitative estimate of drug-likeness (QED) is 0.832. The molecule has 3 nitrogen and oxygen atoms in total. The minimum Gasteiger partial charge on any atom is -0.489 e. The first kappa shape index (κ1) is 14.4. The third-order valence-electron chi connectivity index (χ3n) is 2.66. The van der Waals surface area contributed by atoms with Gasteiger partial charge in [0.25, 0.3) is 0 Å². The van der Waals surface area contributed by atoms with Crippen molar-refractivity contribution in [2.45, 2.75) is 6.61 Å². The largest absolute Gasteiger partial charge is 0.489 e. The maximum absolute atomic E-state index is 13.6. The zero-order valence-corrected chi connectivity index (χ0v) is 10.2. The van der Waals surface area contributed by atoms with E-state index in [0.717, 1.165) is 18.2 Å². The molecule has 0 aromatic heterocycles. The van der Waals surface area contributed by atoms with Gasteiger partial charge in [0.1, 0.15) is 18.2 Å². The van der Waals surface area contributed by atoms with Crippen LogP contribution in [0.3, 0.4) is 0 Å². The molecule has 0 aliphatic carbocycles. The zero-order valence-electron chi connectivity index (χ0n) is 10.2. The Kier molecular flexibility index (Phi) is 4.31. The van der Waals surface area contributed by atoms with Gasteiger partial charge in [-0.15, -0.1) is 0 Å². The Bertz CT molecular complexity index is 620. The van der Waals surface area contributed by atoms with Crippen LogP contribution in [0, 0.1) is 17.5 Å². The van der Waals surface area contributed by atoms with Crippen LogP contribution in [0.2, 0.25) is 0 Å². The van der Waals surface area contributed by atoms with Gasteiger partial charge >= 0.3 is 7.12 Å². The molecular formula is C13H10BF3O3. The first-order chi connectivity index (χ1) is 9.47. The summed E-state index contributed by atoms with van der Waals surface area (Å²) in [4.78, 5) is 0. The highest BCUT2D eigenvalue weighted by Gasteiger charge is 2.13. The molecule has 0 unspecified atom stereocenters. The molecule has 0 saturated carbocycles. The second-order valence-electron chi connectivity index (χ2n) is 4.09. The Hall–Kier alpha value is -1.99. The monoisotopic (exact) mass is 282 g/mol. The fourth-order valence-electron chi connectivity index (χ4n) is 1.57. The Morgan fingerprint density at radius 2 is 1.65 bits per heavy atom. The van der Waals surface area contributed by atoms with Crippen molar-refractivity contribution in [3.05, 3.63) is 59.4 Å². The van der Waals surface area contributed by atoms with Gasteiger partial charge < -0.3 is 14.8 Å². The van der Waals surface area contributed by atoms with Crippen molar-refractivity contribution in [1.82, 2.24) is 0 Å². The molecule has 0 bridgehead atoms. The molecule has 0 aliphatic rings. The third-order valence-corrected chi connectivity index (χ3v) is 2.66. The lowest BCUT2D eigenvalue weighted by molar-refractivity contribution is 0.297. The highest BCUT2D eigenvalue weighted by molar-refractivity contribution is 6.58. The fraction of sp³-hybridized carbons (Fsp3) is 0.0769. The maximum Gasteiger partial charge on any atom is 0.488 e. The molecule has 2 N–H and O–H groups in total. The number of rotatable bonds is 4. The molecular weight excluding hydrogens is 272 g/mol. The molecule has 0 atom stereocenters. The normalized spacial score (nSPS) is 10.4. The summed E-state index contributed by atoms with van der Waals surface area (Å²) in [5.41, 5.74) is 0.165. The van der Waals surface area contributed by atoms with Crippen molar-refractivity contribution in [3.8, 4) is 5.75 Å². The molecule has 104 valence electrons. The smallest absolute Gasteiger partial charge is 0.488 e. The predicted molar refractivity (Wildman–Crippen MR) is 66.9 cm³/mol. The average Bonchev–Trinajstić information content (AvgIpc) is 2.41. The number of benzene rings is 2. The second kappa shape index (κ2) is 5.98. The topological polar surface area (TPSA) is 49.7 Å². The van der Waals surface area contributed by atoms with Gasteiger partial charge in [-0.05, 0) is 23.7 Å². The van der Waals surface area contributed by atoms with Crippen LogP contribution < -0.4 is 10.2 Å². The zero-order chi connectivity index (χ0) is 14.7. The van der Waals surface area contributed by atoms with E-state index in [1.807, 2.05) is 0 Å². The number of hydrogen-bond acceptors (Lipinski definition) is 3. The van der Waals surface area contributed by atoms with Gasteiger partial charge in [0.15, 0.2) is 11.6 Å². The Balaban J connectivity index is 2.09. The standard InChI is InChI=1S/C13H10BF3O3/c15-11-4-3-10(6-13(11)17)20-7-8-1-2-9(14(18)19)5-12(8)16/h1-6,18-19H,7H2. The molecule has 0 fully saturated rings. The van der Waals surface area contributed by atoms with Crippen molar-refractivity contribution in [2.75, 3.05) is 0 Å². The predicted octanol–water partition coefficient (Wildman–Crippen LogP) is 1.36. The maximum atomic E-state index is 13.6. The number of halogens is 3. The van der Waals surface area contributed by atoms with Crippen molar-refractivity contribution in [3.63, 3.8) is 0 Å². The van der Waals surface area contributed by atoms with Gasteiger partial charge in [-0.1, -0.05) is 12.1 Å². The molecule has 0 amide bonds. The van der Waals surface area contributed by atoms with Gasteiger partial charge in [0.2, 0.25) is 0 Å². The van der Waals surface area contributed by atoms with E-state index in [9.17, 15) is 13.2 Å². The first-order valence-corrected chi connectivity index (χ1v) is 5.69. The first-order valence-electron chi connectivity index (χ1n) is 5.69. The Morgan fingerprint density at radius 3 is 2.25 bits per heavy atom. The van der Waals surface area contributed by atoms with Crippen molar-refractivity contribution in [2.24, 2.45) is 0 Å². The summed E-state index contributed by atoms with van der Waals surface area (Å²) < 4.78 is 44.4. The van der Waals surface area contributed by atoms with Gasteiger partial charge in [-0.25, -0.2) is 13.2 Å². The summed E-state index contributed by atoms with van der Waals surface area (Å²) in [5, 5.41) is 17.8. The lowest BCUT2D eigenvalue weighted by Gasteiger charge is -2.08. The van der Waals surface area contributed by atoms with Gasteiger partial charge in [-0.2, -0.15) is 0 Å². The number of ether oxygens (including phenoxy) is 1. The summed E-state index contributed by atoms with van der Waals surface area (Å²) in [6.07, 6.45) is 0. The highest BCUT2D eigenvalue weighted by Crippen LogP contribution is 2.17. The van der Waals surface area contributed by atoms with Crippen LogP contribution in [-0.4, -0.2) is 17.2 Å². The minimum atomic E-state index is -1.76. The lowest BCUT2D eigenvalue weighted by atomic mass is 9.80. The molecule has 2 rings (SSSR count). The van der Waals surface area contributed by atoms with E-state index in [1.54, 1.807) is 0 Å². The summed E-state index contributed by atoms with van der Waals surface area (Å²) >= 11 is 0. The van der Waals surface area contributed by atoms with Crippen LogP contribution in [0.25, 0.3) is 0 Å². The molecule has 2 aromatic carbocycles. The average molecular weight is 282 g/mol. The Morgan fingerprint density at radius 1 is 0.900 bits per heavy atom. The molecule has 2 aromatic rings. The summed E-state index contributed by atoms with van der Waals surface area (Å²) in [7, 11) is -1.76. The van der Waals surface area contributed by atoms with Crippen LogP contribution >= 0.6 is 0 Å². The summed E-state index contributed by atoms with van der Waals surface area (Å²) in [6, 6.07) is 6.61. The summed E-state index contributed by atoms with van der Waals surface area (Å²) in [5.74, 6) is -2.67. The van der Waals surface area contributed by atoms with E-state index in [2.05, 4.69) is 0 Å². The van der Waals surface area contributed by atoms with Crippen molar-refractivity contribution in [1.29, 1.82) is 0 Å². The van der Waals surface area contributed by atoms with Gasteiger partial charge in [-0.3, -0.25) is 0 Å². The third kappa shape index (κ3) is 3.31. The van der Waals surface area contributed by atoms with Crippen LogP contribution in [0.4, 0.5) is 13.2 Å². The van der Waals surface area contributed by atoms with Crippen LogP contribution in [0.5, 0.6) is 5.75 Å². The molecule has 20 heavy (non-hydrogen) atoms. The van der Waals surface area contributed by atoms with E-state index in [0.29, 0.717) is 0 Å². The summed E-state index contributed by atoms with van der Waals surface area (Å²) in [6.45, 7) is -0.196. The molecule has 0 aliphatic heterocycles. The van der Waals surface area contributed by atoms with E-state index < -0.39 is 24.6 Å². The molecule has 0 radical (unpaired) electrons.